The molecule has 0 saturated heterocycles. The Morgan fingerprint density at radius 2 is 2.28 bits per heavy atom. The largest absolute Gasteiger partial charge is 0.480 e. The molecule has 1 amide bonds. The van der Waals surface area contributed by atoms with Gasteiger partial charge in [-0.1, -0.05) is 6.92 Å². The third-order valence-corrected chi connectivity index (χ3v) is 5.12. The smallest absolute Gasteiger partial charge is 0.323 e. The van der Waals surface area contributed by atoms with E-state index >= 15 is 0 Å². The van der Waals surface area contributed by atoms with Crippen LogP contribution in [0.4, 0.5) is 0 Å². The van der Waals surface area contributed by atoms with E-state index in [0.717, 1.165) is 24.1 Å². The summed E-state index contributed by atoms with van der Waals surface area (Å²) in [5.74, 6) is -1.04. The van der Waals surface area contributed by atoms with Crippen molar-refractivity contribution in [3.63, 3.8) is 0 Å². The SMILES string of the molecule is CCc1cc2c(s1)C(=O)N(CC(=O)O)CC21CC1. The van der Waals surface area contributed by atoms with Crippen LogP contribution in [-0.2, 0) is 16.6 Å². The predicted molar refractivity (Wildman–Crippen MR) is 68.1 cm³/mol. The second-order valence-electron chi connectivity index (χ2n) is 5.14. The molecule has 3 rings (SSSR count). The Bertz CT molecular complexity index is 530. The minimum absolute atomic E-state index is 0.0720. The number of aryl methyl sites for hydroxylation is 1. The van der Waals surface area contributed by atoms with E-state index in [4.69, 9.17) is 5.11 Å². The summed E-state index contributed by atoms with van der Waals surface area (Å²) in [4.78, 5) is 26.6. The third kappa shape index (κ3) is 1.65. The lowest BCUT2D eigenvalue weighted by Crippen LogP contribution is -2.44. The van der Waals surface area contributed by atoms with Crippen LogP contribution in [0.15, 0.2) is 6.07 Å². The van der Waals surface area contributed by atoms with Crippen molar-refractivity contribution in [3.05, 3.63) is 21.4 Å². The van der Waals surface area contributed by atoms with E-state index in [0.29, 0.717) is 6.54 Å². The molecule has 0 unspecified atom stereocenters. The van der Waals surface area contributed by atoms with Crippen molar-refractivity contribution in [2.45, 2.75) is 31.6 Å². The van der Waals surface area contributed by atoms with Gasteiger partial charge in [-0.25, -0.2) is 0 Å². The molecule has 4 nitrogen and oxygen atoms in total. The maximum atomic E-state index is 12.3. The van der Waals surface area contributed by atoms with Crippen molar-refractivity contribution in [2.24, 2.45) is 0 Å². The van der Waals surface area contributed by atoms with Gasteiger partial charge in [0.1, 0.15) is 6.54 Å². The monoisotopic (exact) mass is 265 g/mol. The molecule has 1 aromatic heterocycles. The molecule has 1 fully saturated rings. The molecule has 96 valence electrons. The topological polar surface area (TPSA) is 57.6 Å². The number of hydrogen-bond donors (Lipinski definition) is 1. The zero-order chi connectivity index (χ0) is 12.9. The van der Waals surface area contributed by atoms with Crippen molar-refractivity contribution in [2.75, 3.05) is 13.1 Å². The fraction of sp³-hybridized carbons (Fsp3) is 0.538. The lowest BCUT2D eigenvalue weighted by molar-refractivity contribution is -0.137. The first-order valence-corrected chi connectivity index (χ1v) is 7.01. The minimum Gasteiger partial charge on any atom is -0.480 e. The molecule has 0 bridgehead atoms. The van der Waals surface area contributed by atoms with E-state index in [1.54, 1.807) is 0 Å². The first kappa shape index (κ1) is 11.7. The molecule has 0 aromatic carbocycles. The molecule has 0 atom stereocenters. The van der Waals surface area contributed by atoms with Crippen molar-refractivity contribution in [1.82, 2.24) is 4.90 Å². The predicted octanol–water partition coefficient (Wildman–Crippen LogP) is 1.88. The molecule has 1 saturated carbocycles. The van der Waals surface area contributed by atoms with Crippen LogP contribution in [0.25, 0.3) is 0 Å². The average molecular weight is 265 g/mol. The third-order valence-electron chi connectivity index (χ3n) is 3.86. The summed E-state index contributed by atoms with van der Waals surface area (Å²) in [6.45, 7) is 2.47. The Kier molecular flexibility index (Phi) is 2.48. The quantitative estimate of drug-likeness (QED) is 0.908. The van der Waals surface area contributed by atoms with Gasteiger partial charge in [0.05, 0.1) is 4.88 Å². The van der Waals surface area contributed by atoms with E-state index in [2.05, 4.69) is 13.0 Å². The summed E-state index contributed by atoms with van der Waals surface area (Å²) in [5.41, 5.74) is 1.25. The summed E-state index contributed by atoms with van der Waals surface area (Å²) in [5, 5.41) is 8.88. The van der Waals surface area contributed by atoms with E-state index < -0.39 is 5.97 Å². The molecule has 1 aromatic rings. The molecule has 1 aliphatic heterocycles. The Morgan fingerprint density at radius 1 is 1.56 bits per heavy atom. The lowest BCUT2D eigenvalue weighted by Gasteiger charge is -2.31. The number of thiophene rings is 1. The van der Waals surface area contributed by atoms with Crippen LogP contribution in [0.1, 0.15) is 39.9 Å². The lowest BCUT2D eigenvalue weighted by atomic mass is 9.91. The Labute approximate surface area is 109 Å². The van der Waals surface area contributed by atoms with Gasteiger partial charge in [-0.3, -0.25) is 9.59 Å². The Hall–Kier alpha value is -1.36. The highest BCUT2D eigenvalue weighted by molar-refractivity contribution is 7.14. The summed E-state index contributed by atoms with van der Waals surface area (Å²) in [6.07, 6.45) is 3.08. The number of carbonyl (C=O) groups is 2. The maximum absolute atomic E-state index is 12.3. The number of carbonyl (C=O) groups excluding carboxylic acids is 1. The maximum Gasteiger partial charge on any atom is 0.323 e. The number of carboxylic acids is 1. The van der Waals surface area contributed by atoms with Gasteiger partial charge in [-0.2, -0.15) is 0 Å². The van der Waals surface area contributed by atoms with Crippen molar-refractivity contribution in [3.8, 4) is 0 Å². The van der Waals surface area contributed by atoms with E-state index in [9.17, 15) is 9.59 Å². The van der Waals surface area contributed by atoms with Crippen LogP contribution in [0.5, 0.6) is 0 Å². The molecule has 1 aliphatic carbocycles. The molecule has 18 heavy (non-hydrogen) atoms. The van der Waals surface area contributed by atoms with E-state index in [1.165, 1.54) is 26.7 Å². The highest BCUT2D eigenvalue weighted by Crippen LogP contribution is 2.54. The number of rotatable bonds is 3. The summed E-state index contributed by atoms with van der Waals surface area (Å²) < 4.78 is 0. The highest BCUT2D eigenvalue weighted by atomic mass is 32.1. The molecule has 5 heteroatoms. The number of nitrogens with zero attached hydrogens (tertiary/aromatic N) is 1. The van der Waals surface area contributed by atoms with Gasteiger partial charge in [-0.15, -0.1) is 11.3 Å². The second kappa shape index (κ2) is 3.82. The second-order valence-corrected chi connectivity index (χ2v) is 6.28. The molecule has 2 heterocycles. The van der Waals surface area contributed by atoms with Crippen LogP contribution in [0.3, 0.4) is 0 Å². The van der Waals surface area contributed by atoms with E-state index in [-0.39, 0.29) is 17.9 Å². The standard InChI is InChI=1S/C13H15NO3S/c1-2-8-5-9-11(18-8)12(17)14(6-10(15)16)7-13(9)3-4-13/h5H,2-4,6-7H2,1H3,(H,15,16). The number of carboxylic acid groups (broad SMARTS) is 1. The fourth-order valence-electron chi connectivity index (χ4n) is 2.70. The van der Waals surface area contributed by atoms with Gasteiger partial charge in [-0.05, 0) is 30.9 Å². The van der Waals surface area contributed by atoms with Gasteiger partial charge in [0, 0.05) is 16.8 Å². The summed E-state index contributed by atoms with van der Waals surface area (Å²) >= 11 is 1.53. The molecule has 1 spiro atoms. The van der Waals surface area contributed by atoms with Gasteiger partial charge >= 0.3 is 5.97 Å². The normalized spacial score (nSPS) is 20.1. The highest BCUT2D eigenvalue weighted by Gasteiger charge is 2.52. The number of amides is 1. The first-order valence-electron chi connectivity index (χ1n) is 6.20. The average Bonchev–Trinajstić information content (AvgIpc) is 2.94. The van der Waals surface area contributed by atoms with Crippen molar-refractivity contribution in [1.29, 1.82) is 0 Å². The van der Waals surface area contributed by atoms with Crippen LogP contribution < -0.4 is 0 Å². The van der Waals surface area contributed by atoms with Gasteiger partial charge < -0.3 is 10.0 Å². The van der Waals surface area contributed by atoms with Crippen LogP contribution in [0.2, 0.25) is 0 Å². The van der Waals surface area contributed by atoms with Gasteiger partial charge in [0.15, 0.2) is 0 Å². The summed E-state index contributed by atoms with van der Waals surface area (Å²) in [7, 11) is 0. The van der Waals surface area contributed by atoms with Crippen molar-refractivity contribution >= 4 is 23.2 Å². The van der Waals surface area contributed by atoms with Crippen molar-refractivity contribution < 1.29 is 14.7 Å². The van der Waals surface area contributed by atoms with Crippen LogP contribution in [-0.4, -0.2) is 35.0 Å². The number of fused-ring (bicyclic) bond motifs is 2. The molecule has 2 aliphatic rings. The fourth-order valence-corrected chi connectivity index (χ4v) is 3.89. The molecule has 1 N–H and O–H groups in total. The van der Waals surface area contributed by atoms with Crippen LogP contribution in [0, 0.1) is 0 Å². The molecular formula is C13H15NO3S. The molecular weight excluding hydrogens is 250 g/mol. The Balaban J connectivity index is 2.00. The van der Waals surface area contributed by atoms with Gasteiger partial charge in [0.2, 0.25) is 0 Å². The minimum atomic E-state index is -0.935. The number of hydrogen-bond acceptors (Lipinski definition) is 3. The zero-order valence-corrected chi connectivity index (χ0v) is 11.0. The Morgan fingerprint density at radius 3 is 2.83 bits per heavy atom. The summed E-state index contributed by atoms with van der Waals surface area (Å²) in [6, 6.07) is 2.16. The van der Waals surface area contributed by atoms with Crippen LogP contribution >= 0.6 is 11.3 Å². The first-order chi connectivity index (χ1) is 8.55. The van der Waals surface area contributed by atoms with Gasteiger partial charge in [0.25, 0.3) is 5.91 Å². The number of aliphatic carboxylic acids is 1. The zero-order valence-electron chi connectivity index (χ0n) is 10.2. The molecule has 0 radical (unpaired) electrons. The van der Waals surface area contributed by atoms with E-state index in [1.807, 2.05) is 0 Å².